The molecule has 92 valence electrons. The molecule has 0 bridgehead atoms. The van der Waals surface area contributed by atoms with E-state index in [4.69, 9.17) is 4.74 Å². The van der Waals surface area contributed by atoms with E-state index >= 15 is 0 Å². The van der Waals surface area contributed by atoms with Gasteiger partial charge in [0.25, 0.3) is 5.91 Å². The highest BCUT2D eigenvalue weighted by molar-refractivity contribution is 5.92. The van der Waals surface area contributed by atoms with Gasteiger partial charge in [0.15, 0.2) is 0 Å². The van der Waals surface area contributed by atoms with Crippen LogP contribution in [0, 0.1) is 0 Å². The molecule has 0 atom stereocenters. The highest BCUT2D eigenvalue weighted by Crippen LogP contribution is 2.05. The Hall–Kier alpha value is -2.50. The van der Waals surface area contributed by atoms with Gasteiger partial charge in [0, 0.05) is 12.3 Å². The fourth-order valence-electron chi connectivity index (χ4n) is 1.34. The lowest BCUT2D eigenvalue weighted by atomic mass is 10.3. The summed E-state index contributed by atoms with van der Waals surface area (Å²) in [5.74, 6) is 0.0642. The van der Waals surface area contributed by atoms with Gasteiger partial charge in [-0.3, -0.25) is 9.78 Å². The maximum Gasteiger partial charge on any atom is 0.270 e. The Labute approximate surface area is 104 Å². The van der Waals surface area contributed by atoms with Crippen LogP contribution in [-0.4, -0.2) is 28.0 Å². The van der Waals surface area contributed by atoms with Crippen LogP contribution >= 0.6 is 0 Å². The molecule has 0 spiro atoms. The summed E-state index contributed by atoms with van der Waals surface area (Å²) < 4.78 is 4.92. The van der Waals surface area contributed by atoms with E-state index in [1.54, 1.807) is 6.20 Å². The summed E-state index contributed by atoms with van der Waals surface area (Å²) in [4.78, 5) is 23.6. The van der Waals surface area contributed by atoms with Crippen molar-refractivity contribution in [3.8, 4) is 5.88 Å². The Morgan fingerprint density at radius 2 is 2.22 bits per heavy atom. The number of pyridine rings is 1. The van der Waals surface area contributed by atoms with E-state index in [1.807, 2.05) is 18.2 Å². The summed E-state index contributed by atoms with van der Waals surface area (Å²) in [6.07, 6.45) is 2.96. The zero-order valence-electron chi connectivity index (χ0n) is 9.83. The number of carbonyl (C=O) groups excluding carboxylic acids is 1. The number of nitrogens with zero attached hydrogens (tertiary/aromatic N) is 3. The predicted octanol–water partition coefficient (Wildman–Crippen LogP) is 0.810. The molecule has 0 aromatic carbocycles. The monoisotopic (exact) mass is 244 g/mol. The van der Waals surface area contributed by atoms with Crippen LogP contribution in [0.5, 0.6) is 5.88 Å². The number of hydrogen-bond acceptors (Lipinski definition) is 5. The summed E-state index contributed by atoms with van der Waals surface area (Å²) >= 11 is 0. The van der Waals surface area contributed by atoms with Gasteiger partial charge in [-0.05, 0) is 12.1 Å². The molecule has 1 N–H and O–H groups in total. The number of amides is 1. The van der Waals surface area contributed by atoms with Crippen molar-refractivity contribution in [3.63, 3.8) is 0 Å². The van der Waals surface area contributed by atoms with Crippen LogP contribution in [0.15, 0.2) is 36.8 Å². The van der Waals surface area contributed by atoms with Crippen molar-refractivity contribution in [1.29, 1.82) is 0 Å². The summed E-state index contributed by atoms with van der Waals surface area (Å²) in [5.41, 5.74) is 1.05. The van der Waals surface area contributed by atoms with E-state index in [2.05, 4.69) is 20.3 Å². The Morgan fingerprint density at radius 3 is 2.94 bits per heavy atom. The number of ether oxygens (including phenoxy) is 1. The van der Waals surface area contributed by atoms with Gasteiger partial charge in [-0.15, -0.1) is 0 Å². The maximum atomic E-state index is 11.8. The van der Waals surface area contributed by atoms with Crippen molar-refractivity contribution in [1.82, 2.24) is 20.3 Å². The second-order valence-electron chi connectivity index (χ2n) is 3.45. The summed E-state index contributed by atoms with van der Waals surface area (Å²) in [6, 6.07) is 7.00. The molecule has 2 heterocycles. The third-order valence-corrected chi connectivity index (χ3v) is 2.24. The second kappa shape index (κ2) is 5.72. The average molecular weight is 244 g/mol. The van der Waals surface area contributed by atoms with Crippen molar-refractivity contribution in [2.24, 2.45) is 0 Å². The molecule has 18 heavy (non-hydrogen) atoms. The first kappa shape index (κ1) is 12.0. The first-order valence-corrected chi connectivity index (χ1v) is 5.34. The van der Waals surface area contributed by atoms with E-state index in [9.17, 15) is 4.79 Å². The van der Waals surface area contributed by atoms with Crippen LogP contribution in [0.4, 0.5) is 0 Å². The molecule has 0 fully saturated rings. The van der Waals surface area contributed by atoms with Crippen molar-refractivity contribution in [3.05, 3.63) is 48.2 Å². The van der Waals surface area contributed by atoms with Crippen molar-refractivity contribution in [2.75, 3.05) is 7.11 Å². The molecule has 6 heteroatoms. The van der Waals surface area contributed by atoms with Gasteiger partial charge in [0.05, 0.1) is 19.3 Å². The molecule has 0 aliphatic heterocycles. The molecule has 0 radical (unpaired) electrons. The molecule has 0 saturated heterocycles. The van der Waals surface area contributed by atoms with E-state index in [-0.39, 0.29) is 11.6 Å². The van der Waals surface area contributed by atoms with Crippen LogP contribution in [0.1, 0.15) is 16.2 Å². The number of aromatic nitrogens is 3. The fourth-order valence-corrected chi connectivity index (χ4v) is 1.34. The largest absolute Gasteiger partial charge is 0.481 e. The molecule has 1 amide bonds. The second-order valence-corrected chi connectivity index (χ2v) is 3.45. The SMILES string of the molecule is COc1cc(C(=O)NCc2ccccn2)ncn1. The Bertz CT molecular complexity index is 531. The highest BCUT2D eigenvalue weighted by Gasteiger charge is 2.08. The first-order chi connectivity index (χ1) is 8.79. The van der Waals surface area contributed by atoms with E-state index < -0.39 is 0 Å². The molecular weight excluding hydrogens is 232 g/mol. The first-order valence-electron chi connectivity index (χ1n) is 5.34. The minimum Gasteiger partial charge on any atom is -0.481 e. The molecular formula is C12H12N4O2. The molecule has 0 saturated carbocycles. The predicted molar refractivity (Wildman–Crippen MR) is 64.0 cm³/mol. The molecule has 6 nitrogen and oxygen atoms in total. The zero-order chi connectivity index (χ0) is 12.8. The quantitative estimate of drug-likeness (QED) is 0.861. The van der Waals surface area contributed by atoms with Crippen LogP contribution < -0.4 is 10.1 Å². The third kappa shape index (κ3) is 3.00. The van der Waals surface area contributed by atoms with Crippen LogP contribution in [0.25, 0.3) is 0 Å². The summed E-state index contributed by atoms with van der Waals surface area (Å²) in [7, 11) is 1.48. The molecule has 2 aromatic rings. The van der Waals surface area contributed by atoms with Gasteiger partial charge in [0.2, 0.25) is 5.88 Å². The van der Waals surface area contributed by atoms with Gasteiger partial charge in [0.1, 0.15) is 12.0 Å². The molecule has 0 aliphatic carbocycles. The minimum absolute atomic E-state index is 0.262. The summed E-state index contributed by atoms with van der Waals surface area (Å²) in [5, 5.41) is 2.72. The van der Waals surface area contributed by atoms with Gasteiger partial charge >= 0.3 is 0 Å². The van der Waals surface area contributed by atoms with Crippen LogP contribution in [0.3, 0.4) is 0 Å². The van der Waals surface area contributed by atoms with Crippen molar-refractivity contribution in [2.45, 2.75) is 6.54 Å². The lowest BCUT2D eigenvalue weighted by molar-refractivity contribution is 0.0944. The molecule has 2 aromatic heterocycles. The van der Waals surface area contributed by atoms with Crippen molar-refractivity contribution < 1.29 is 9.53 Å². The topological polar surface area (TPSA) is 77.0 Å². The van der Waals surface area contributed by atoms with E-state index in [1.165, 1.54) is 19.5 Å². The standard InChI is InChI=1S/C12H12N4O2/c1-18-11-6-10(15-8-16-11)12(17)14-7-9-4-2-3-5-13-9/h2-6,8H,7H2,1H3,(H,14,17). The molecule has 2 rings (SSSR count). The third-order valence-electron chi connectivity index (χ3n) is 2.24. The maximum absolute atomic E-state index is 11.8. The Morgan fingerprint density at radius 1 is 1.33 bits per heavy atom. The normalized spacial score (nSPS) is 9.83. The molecule has 0 aliphatic rings. The lowest BCUT2D eigenvalue weighted by Gasteiger charge is -2.04. The smallest absolute Gasteiger partial charge is 0.270 e. The van der Waals surface area contributed by atoms with Crippen LogP contribution in [-0.2, 0) is 6.54 Å². The van der Waals surface area contributed by atoms with Gasteiger partial charge in [-0.2, -0.15) is 0 Å². The Balaban J connectivity index is 1.99. The van der Waals surface area contributed by atoms with Gasteiger partial charge < -0.3 is 10.1 Å². The average Bonchev–Trinajstić information content (AvgIpc) is 2.46. The van der Waals surface area contributed by atoms with E-state index in [0.29, 0.717) is 12.4 Å². The number of rotatable bonds is 4. The zero-order valence-corrected chi connectivity index (χ0v) is 9.83. The minimum atomic E-state index is -0.290. The highest BCUT2D eigenvalue weighted by atomic mass is 16.5. The number of methoxy groups -OCH3 is 1. The molecule has 0 unspecified atom stereocenters. The lowest BCUT2D eigenvalue weighted by Crippen LogP contribution is -2.24. The summed E-state index contributed by atoms with van der Waals surface area (Å²) in [6.45, 7) is 0.353. The Kier molecular flexibility index (Phi) is 3.80. The fraction of sp³-hybridized carbons (Fsp3) is 0.167. The van der Waals surface area contributed by atoms with E-state index in [0.717, 1.165) is 5.69 Å². The van der Waals surface area contributed by atoms with Crippen LogP contribution in [0.2, 0.25) is 0 Å². The number of hydrogen-bond donors (Lipinski definition) is 1. The van der Waals surface area contributed by atoms with Gasteiger partial charge in [-0.1, -0.05) is 6.07 Å². The number of carbonyl (C=O) groups is 1. The van der Waals surface area contributed by atoms with Gasteiger partial charge in [-0.25, -0.2) is 9.97 Å². The van der Waals surface area contributed by atoms with Crippen molar-refractivity contribution >= 4 is 5.91 Å². The number of nitrogens with one attached hydrogen (secondary N) is 1.